The van der Waals surface area contributed by atoms with Crippen LogP contribution in [0.15, 0.2) is 72.8 Å². The highest BCUT2D eigenvalue weighted by Gasteiger charge is 2.17. The van der Waals surface area contributed by atoms with Gasteiger partial charge in [-0.05, 0) is 68.3 Å². The van der Waals surface area contributed by atoms with E-state index in [1.54, 1.807) is 11.8 Å². The normalized spacial score (nSPS) is 10.9. The van der Waals surface area contributed by atoms with E-state index in [0.29, 0.717) is 17.5 Å². The standard InChI is InChI=1S/C27H28N4O3/c1-18(2)34-27-29-26(24-8-6-5-7-19(24)3)31(30-27)22-13-11-21(12-14-22)28-25(32)17-20-9-15-23(33-4)16-10-20/h5-16,18H,17H2,1-4H3,(H,28,32). The molecule has 3 aromatic carbocycles. The summed E-state index contributed by atoms with van der Waals surface area (Å²) >= 11 is 0. The Kier molecular flexibility index (Phi) is 6.92. The molecule has 4 rings (SSSR count). The van der Waals surface area contributed by atoms with E-state index in [4.69, 9.17) is 9.47 Å². The minimum absolute atomic E-state index is 0.0381. The van der Waals surface area contributed by atoms with E-state index in [1.165, 1.54) is 0 Å². The van der Waals surface area contributed by atoms with Crippen LogP contribution in [-0.2, 0) is 11.2 Å². The fraction of sp³-hybridized carbons (Fsp3) is 0.222. The zero-order valence-corrected chi connectivity index (χ0v) is 19.8. The number of aromatic nitrogens is 3. The summed E-state index contributed by atoms with van der Waals surface area (Å²) in [7, 11) is 1.62. The zero-order valence-electron chi connectivity index (χ0n) is 19.8. The smallest absolute Gasteiger partial charge is 0.336 e. The van der Waals surface area contributed by atoms with Gasteiger partial charge in [-0.25, -0.2) is 4.68 Å². The Morgan fingerprint density at radius 2 is 1.71 bits per heavy atom. The molecule has 1 N–H and O–H groups in total. The molecule has 1 amide bonds. The number of hydrogen-bond acceptors (Lipinski definition) is 5. The SMILES string of the molecule is COc1ccc(CC(=O)Nc2ccc(-n3nc(OC(C)C)nc3-c3ccccc3C)cc2)cc1. The van der Waals surface area contributed by atoms with E-state index in [0.717, 1.165) is 28.1 Å². The Balaban J connectivity index is 1.54. The Morgan fingerprint density at radius 1 is 1.00 bits per heavy atom. The molecular formula is C27H28N4O3. The maximum absolute atomic E-state index is 12.5. The summed E-state index contributed by atoms with van der Waals surface area (Å²) in [6, 6.07) is 23.3. The number of nitrogens with one attached hydrogen (secondary N) is 1. The molecule has 0 aliphatic rings. The van der Waals surface area contributed by atoms with Crippen LogP contribution >= 0.6 is 0 Å². The number of anilines is 1. The molecule has 0 bridgehead atoms. The van der Waals surface area contributed by atoms with Crippen LogP contribution in [-0.4, -0.2) is 33.9 Å². The van der Waals surface area contributed by atoms with E-state index in [-0.39, 0.29) is 18.4 Å². The molecule has 4 aromatic rings. The van der Waals surface area contributed by atoms with Gasteiger partial charge in [-0.15, -0.1) is 5.10 Å². The van der Waals surface area contributed by atoms with Crippen molar-refractivity contribution in [3.63, 3.8) is 0 Å². The lowest BCUT2D eigenvalue weighted by atomic mass is 10.1. The highest BCUT2D eigenvalue weighted by atomic mass is 16.5. The first kappa shape index (κ1) is 23.0. The van der Waals surface area contributed by atoms with Gasteiger partial charge < -0.3 is 14.8 Å². The summed E-state index contributed by atoms with van der Waals surface area (Å²) in [4.78, 5) is 17.1. The van der Waals surface area contributed by atoms with Crippen LogP contribution in [0.3, 0.4) is 0 Å². The van der Waals surface area contributed by atoms with Gasteiger partial charge in [-0.2, -0.15) is 4.98 Å². The third-order valence-corrected chi connectivity index (χ3v) is 5.23. The van der Waals surface area contributed by atoms with Crippen LogP contribution in [0.1, 0.15) is 25.0 Å². The second kappa shape index (κ2) is 10.2. The van der Waals surface area contributed by atoms with Crippen LogP contribution in [0.25, 0.3) is 17.1 Å². The van der Waals surface area contributed by atoms with E-state index >= 15 is 0 Å². The Labute approximate surface area is 199 Å². The topological polar surface area (TPSA) is 78.3 Å². The lowest BCUT2D eigenvalue weighted by molar-refractivity contribution is -0.115. The number of aryl methyl sites for hydroxylation is 1. The quantitative estimate of drug-likeness (QED) is 0.393. The first-order valence-corrected chi connectivity index (χ1v) is 11.2. The van der Waals surface area contributed by atoms with E-state index in [9.17, 15) is 4.79 Å². The number of carbonyl (C=O) groups excluding carboxylic acids is 1. The van der Waals surface area contributed by atoms with Crippen molar-refractivity contribution in [3.8, 4) is 28.8 Å². The molecule has 0 saturated heterocycles. The second-order valence-corrected chi connectivity index (χ2v) is 8.23. The average Bonchev–Trinajstić information content (AvgIpc) is 3.23. The van der Waals surface area contributed by atoms with Gasteiger partial charge in [-0.3, -0.25) is 4.79 Å². The van der Waals surface area contributed by atoms with E-state index < -0.39 is 0 Å². The molecule has 0 aliphatic heterocycles. The molecule has 174 valence electrons. The maximum Gasteiger partial charge on any atom is 0.336 e. The van der Waals surface area contributed by atoms with Gasteiger partial charge >= 0.3 is 6.01 Å². The molecule has 0 spiro atoms. The van der Waals surface area contributed by atoms with Crippen molar-refractivity contribution >= 4 is 11.6 Å². The molecular weight excluding hydrogens is 428 g/mol. The summed E-state index contributed by atoms with van der Waals surface area (Å²) in [6.45, 7) is 5.92. The molecule has 0 unspecified atom stereocenters. The first-order valence-electron chi connectivity index (χ1n) is 11.2. The van der Waals surface area contributed by atoms with Crippen molar-refractivity contribution in [1.82, 2.24) is 14.8 Å². The molecule has 0 atom stereocenters. The zero-order chi connectivity index (χ0) is 24.1. The molecule has 34 heavy (non-hydrogen) atoms. The van der Waals surface area contributed by atoms with Gasteiger partial charge in [0.05, 0.1) is 25.3 Å². The summed E-state index contributed by atoms with van der Waals surface area (Å²) in [5, 5.41) is 7.53. The number of ether oxygens (including phenoxy) is 2. The molecule has 0 fully saturated rings. The minimum atomic E-state index is -0.0908. The lowest BCUT2D eigenvalue weighted by Crippen LogP contribution is -2.14. The summed E-state index contributed by atoms with van der Waals surface area (Å²) in [6.07, 6.45) is 0.242. The monoisotopic (exact) mass is 456 g/mol. The van der Waals surface area contributed by atoms with Gasteiger partial charge in [-0.1, -0.05) is 36.4 Å². The van der Waals surface area contributed by atoms with Gasteiger partial charge in [0.2, 0.25) is 5.91 Å². The van der Waals surface area contributed by atoms with Gasteiger partial charge in [0.1, 0.15) is 5.75 Å². The van der Waals surface area contributed by atoms with Gasteiger partial charge in [0, 0.05) is 11.3 Å². The van der Waals surface area contributed by atoms with Crippen LogP contribution in [0, 0.1) is 6.92 Å². The van der Waals surface area contributed by atoms with Crippen LogP contribution in [0.5, 0.6) is 11.8 Å². The van der Waals surface area contributed by atoms with Crippen molar-refractivity contribution in [1.29, 1.82) is 0 Å². The van der Waals surface area contributed by atoms with Crippen LogP contribution in [0.4, 0.5) is 5.69 Å². The Hall–Kier alpha value is -4.13. The fourth-order valence-corrected chi connectivity index (χ4v) is 3.55. The van der Waals surface area contributed by atoms with E-state index in [2.05, 4.69) is 15.4 Å². The third kappa shape index (κ3) is 5.43. The predicted octanol–water partition coefficient (Wildman–Crippen LogP) is 5.22. The summed E-state index contributed by atoms with van der Waals surface area (Å²) < 4.78 is 12.7. The van der Waals surface area contributed by atoms with Crippen LogP contribution in [0.2, 0.25) is 0 Å². The molecule has 1 heterocycles. The third-order valence-electron chi connectivity index (χ3n) is 5.23. The number of nitrogens with zero attached hydrogens (tertiary/aromatic N) is 3. The molecule has 0 radical (unpaired) electrons. The van der Waals surface area contributed by atoms with Crippen molar-refractivity contribution in [2.24, 2.45) is 0 Å². The predicted molar refractivity (Wildman–Crippen MR) is 133 cm³/mol. The number of hydrogen-bond donors (Lipinski definition) is 1. The molecule has 0 aliphatic carbocycles. The average molecular weight is 457 g/mol. The number of benzene rings is 3. The highest BCUT2D eigenvalue weighted by Crippen LogP contribution is 2.27. The second-order valence-electron chi connectivity index (χ2n) is 8.23. The maximum atomic E-state index is 12.5. The van der Waals surface area contributed by atoms with E-state index in [1.807, 2.05) is 93.6 Å². The Morgan fingerprint density at radius 3 is 2.35 bits per heavy atom. The number of methoxy groups -OCH3 is 1. The number of rotatable bonds is 8. The number of amides is 1. The minimum Gasteiger partial charge on any atom is -0.497 e. The van der Waals surface area contributed by atoms with Gasteiger partial charge in [0.25, 0.3) is 0 Å². The largest absolute Gasteiger partial charge is 0.497 e. The van der Waals surface area contributed by atoms with Crippen molar-refractivity contribution in [2.45, 2.75) is 33.3 Å². The fourth-order valence-electron chi connectivity index (χ4n) is 3.55. The van der Waals surface area contributed by atoms with Crippen molar-refractivity contribution in [2.75, 3.05) is 12.4 Å². The molecule has 7 nitrogen and oxygen atoms in total. The number of carbonyl (C=O) groups is 1. The Bertz CT molecular complexity index is 1260. The molecule has 7 heteroatoms. The van der Waals surface area contributed by atoms with Gasteiger partial charge in [0.15, 0.2) is 5.82 Å². The van der Waals surface area contributed by atoms with Crippen molar-refractivity contribution in [3.05, 3.63) is 83.9 Å². The molecule has 0 saturated carbocycles. The first-order chi connectivity index (χ1) is 16.4. The highest BCUT2D eigenvalue weighted by molar-refractivity contribution is 5.92. The lowest BCUT2D eigenvalue weighted by Gasteiger charge is -2.10. The summed E-state index contributed by atoms with van der Waals surface area (Å²) in [5.74, 6) is 1.37. The molecule has 1 aromatic heterocycles. The summed E-state index contributed by atoms with van der Waals surface area (Å²) in [5.41, 5.74) is 4.51. The van der Waals surface area contributed by atoms with Crippen molar-refractivity contribution < 1.29 is 14.3 Å². The van der Waals surface area contributed by atoms with Crippen LogP contribution < -0.4 is 14.8 Å².